The van der Waals surface area contributed by atoms with Crippen molar-refractivity contribution in [2.75, 3.05) is 0 Å². The summed E-state index contributed by atoms with van der Waals surface area (Å²) in [5.41, 5.74) is 4.11. The highest BCUT2D eigenvalue weighted by Gasteiger charge is 2.11. The second-order valence-electron chi connectivity index (χ2n) is 5.38. The van der Waals surface area contributed by atoms with E-state index in [2.05, 4.69) is 38.1 Å². The summed E-state index contributed by atoms with van der Waals surface area (Å²) in [6.07, 6.45) is 4.55. The van der Waals surface area contributed by atoms with E-state index in [4.69, 9.17) is 4.74 Å². The molecule has 1 amide bonds. The zero-order valence-electron chi connectivity index (χ0n) is 14.0. The molecular weight excluding hydrogens is 457 g/mol. The fourth-order valence-corrected chi connectivity index (χ4v) is 2.75. The molecule has 0 saturated heterocycles. The number of carbonyl (C=O) groups is 2. The molecule has 0 aliphatic carbocycles. The molecule has 7 heteroatoms. The maximum atomic E-state index is 12.2. The van der Waals surface area contributed by atoms with Gasteiger partial charge in [0.25, 0.3) is 5.91 Å². The maximum Gasteiger partial charge on any atom is 0.344 e. The highest BCUT2D eigenvalue weighted by atomic mass is 127. The number of esters is 1. The van der Waals surface area contributed by atoms with Crippen molar-refractivity contribution in [1.82, 2.24) is 10.4 Å². The Morgan fingerprint density at radius 3 is 2.52 bits per heavy atom. The van der Waals surface area contributed by atoms with Crippen LogP contribution in [0.5, 0.6) is 5.75 Å². The SMILES string of the molecule is O=C(N/N=C\c1ccc(OC(=O)c2ccccc2I)cc1)c1cccnc1. The number of nitrogens with one attached hydrogen (secondary N) is 1. The zero-order valence-corrected chi connectivity index (χ0v) is 16.2. The third-order valence-electron chi connectivity index (χ3n) is 3.49. The van der Waals surface area contributed by atoms with Gasteiger partial charge in [0.05, 0.1) is 17.3 Å². The molecule has 0 unspecified atom stereocenters. The van der Waals surface area contributed by atoms with Crippen molar-refractivity contribution in [2.45, 2.75) is 0 Å². The molecule has 0 aliphatic heterocycles. The Labute approximate surface area is 169 Å². The number of halogens is 1. The van der Waals surface area contributed by atoms with Crippen LogP contribution in [-0.4, -0.2) is 23.1 Å². The van der Waals surface area contributed by atoms with Gasteiger partial charge in [0.1, 0.15) is 5.75 Å². The first-order valence-corrected chi connectivity index (χ1v) is 9.01. The summed E-state index contributed by atoms with van der Waals surface area (Å²) in [4.78, 5) is 27.9. The van der Waals surface area contributed by atoms with Gasteiger partial charge < -0.3 is 4.74 Å². The fraction of sp³-hybridized carbons (Fsp3) is 0. The Balaban J connectivity index is 1.58. The Morgan fingerprint density at radius 2 is 1.81 bits per heavy atom. The molecule has 1 aromatic heterocycles. The largest absolute Gasteiger partial charge is 0.423 e. The van der Waals surface area contributed by atoms with Crippen LogP contribution >= 0.6 is 22.6 Å². The van der Waals surface area contributed by atoms with Crippen LogP contribution in [-0.2, 0) is 0 Å². The topological polar surface area (TPSA) is 80.6 Å². The van der Waals surface area contributed by atoms with E-state index < -0.39 is 5.97 Å². The summed E-state index contributed by atoms with van der Waals surface area (Å²) in [6, 6.07) is 17.3. The number of benzene rings is 2. The standard InChI is InChI=1S/C20H14IN3O3/c21-18-6-2-1-5-17(18)20(26)27-16-9-7-14(8-10-16)12-23-24-19(25)15-4-3-11-22-13-15/h1-13H,(H,24,25)/b23-12-. The average molecular weight is 471 g/mol. The second-order valence-corrected chi connectivity index (χ2v) is 6.54. The Morgan fingerprint density at radius 1 is 1.04 bits per heavy atom. The first-order chi connectivity index (χ1) is 13.1. The molecule has 0 spiro atoms. The van der Waals surface area contributed by atoms with Gasteiger partial charge in [0.15, 0.2) is 0 Å². The number of hydrazone groups is 1. The molecule has 1 N–H and O–H groups in total. The van der Waals surface area contributed by atoms with E-state index >= 15 is 0 Å². The molecule has 134 valence electrons. The van der Waals surface area contributed by atoms with Gasteiger partial charge in [-0.25, -0.2) is 10.2 Å². The Kier molecular flexibility index (Phi) is 6.26. The van der Waals surface area contributed by atoms with Crippen molar-refractivity contribution in [2.24, 2.45) is 5.10 Å². The number of ether oxygens (including phenoxy) is 1. The van der Waals surface area contributed by atoms with Crippen LogP contribution in [0.3, 0.4) is 0 Å². The highest BCUT2D eigenvalue weighted by molar-refractivity contribution is 14.1. The highest BCUT2D eigenvalue weighted by Crippen LogP contribution is 2.17. The quantitative estimate of drug-likeness (QED) is 0.203. The average Bonchev–Trinajstić information content (AvgIpc) is 2.70. The lowest BCUT2D eigenvalue weighted by Crippen LogP contribution is -2.17. The third kappa shape index (κ3) is 5.20. The molecule has 6 nitrogen and oxygen atoms in total. The Bertz CT molecular complexity index is 973. The molecule has 2 aromatic carbocycles. The van der Waals surface area contributed by atoms with Crippen molar-refractivity contribution in [1.29, 1.82) is 0 Å². The molecule has 0 bridgehead atoms. The summed E-state index contributed by atoms with van der Waals surface area (Å²) in [5.74, 6) is -0.330. The van der Waals surface area contributed by atoms with Gasteiger partial charge in [-0.1, -0.05) is 12.1 Å². The van der Waals surface area contributed by atoms with Crippen molar-refractivity contribution in [3.05, 3.63) is 93.3 Å². The molecule has 0 fully saturated rings. The van der Waals surface area contributed by atoms with Crippen LogP contribution in [0.15, 0.2) is 78.2 Å². The van der Waals surface area contributed by atoms with Crippen molar-refractivity contribution in [3.63, 3.8) is 0 Å². The monoisotopic (exact) mass is 471 g/mol. The van der Waals surface area contributed by atoms with Crippen LogP contribution in [0.1, 0.15) is 26.3 Å². The second kappa shape index (κ2) is 9.04. The number of carbonyl (C=O) groups excluding carboxylic acids is 2. The van der Waals surface area contributed by atoms with Crippen molar-refractivity contribution in [3.8, 4) is 5.75 Å². The predicted octanol–water partition coefficient (Wildman–Crippen LogP) is 3.67. The normalized spacial score (nSPS) is 10.6. The van der Waals surface area contributed by atoms with Gasteiger partial charge in [-0.2, -0.15) is 5.10 Å². The summed E-state index contributed by atoms with van der Waals surface area (Å²) < 4.78 is 6.20. The summed E-state index contributed by atoms with van der Waals surface area (Å²) in [6.45, 7) is 0. The van der Waals surface area contributed by atoms with Gasteiger partial charge in [-0.15, -0.1) is 0 Å². The number of amides is 1. The minimum atomic E-state index is -0.412. The number of hydrogen-bond acceptors (Lipinski definition) is 5. The van der Waals surface area contributed by atoms with Gasteiger partial charge >= 0.3 is 5.97 Å². The number of nitrogens with zero attached hydrogens (tertiary/aromatic N) is 2. The van der Waals surface area contributed by atoms with E-state index in [-0.39, 0.29) is 5.91 Å². The molecule has 0 aliphatic rings. The number of rotatable bonds is 5. The lowest BCUT2D eigenvalue weighted by Gasteiger charge is -2.06. The minimum absolute atomic E-state index is 0.345. The van der Waals surface area contributed by atoms with E-state index in [0.717, 1.165) is 9.13 Å². The molecular formula is C20H14IN3O3. The summed E-state index contributed by atoms with van der Waals surface area (Å²) >= 11 is 2.09. The Hall–Kier alpha value is -3.07. The van der Waals surface area contributed by atoms with Crippen LogP contribution in [0.2, 0.25) is 0 Å². The molecule has 0 atom stereocenters. The number of hydrogen-bond donors (Lipinski definition) is 1. The predicted molar refractivity (Wildman–Crippen MR) is 110 cm³/mol. The van der Waals surface area contributed by atoms with Gasteiger partial charge in [-0.3, -0.25) is 9.78 Å². The van der Waals surface area contributed by atoms with Gasteiger partial charge in [-0.05, 0) is 76.7 Å². The van der Waals surface area contributed by atoms with Crippen LogP contribution < -0.4 is 10.2 Å². The van der Waals surface area contributed by atoms with Crippen LogP contribution in [0.25, 0.3) is 0 Å². The van der Waals surface area contributed by atoms with Crippen molar-refractivity contribution >= 4 is 40.7 Å². The first-order valence-electron chi connectivity index (χ1n) is 7.94. The lowest BCUT2D eigenvalue weighted by atomic mass is 10.2. The van der Waals surface area contributed by atoms with E-state index in [1.165, 1.54) is 12.4 Å². The van der Waals surface area contributed by atoms with E-state index in [0.29, 0.717) is 16.9 Å². The summed E-state index contributed by atoms with van der Waals surface area (Å²) in [5, 5.41) is 3.91. The molecule has 1 heterocycles. The lowest BCUT2D eigenvalue weighted by molar-refractivity contribution is 0.0733. The number of aromatic nitrogens is 1. The minimum Gasteiger partial charge on any atom is -0.423 e. The van der Waals surface area contributed by atoms with E-state index in [9.17, 15) is 9.59 Å². The molecule has 27 heavy (non-hydrogen) atoms. The zero-order chi connectivity index (χ0) is 19.1. The third-order valence-corrected chi connectivity index (χ3v) is 4.43. The first kappa shape index (κ1) is 18.7. The smallest absolute Gasteiger partial charge is 0.344 e. The maximum absolute atomic E-state index is 12.2. The molecule has 0 saturated carbocycles. The molecule has 3 rings (SSSR count). The summed E-state index contributed by atoms with van der Waals surface area (Å²) in [7, 11) is 0. The number of pyridine rings is 1. The van der Waals surface area contributed by atoms with Gasteiger partial charge in [0.2, 0.25) is 0 Å². The van der Waals surface area contributed by atoms with E-state index in [1.807, 2.05) is 12.1 Å². The van der Waals surface area contributed by atoms with E-state index in [1.54, 1.807) is 54.7 Å². The van der Waals surface area contributed by atoms with Crippen molar-refractivity contribution < 1.29 is 14.3 Å². The molecule has 0 radical (unpaired) electrons. The fourth-order valence-electron chi connectivity index (χ4n) is 2.14. The van der Waals surface area contributed by atoms with Crippen LogP contribution in [0.4, 0.5) is 0 Å². The molecule has 3 aromatic rings. The van der Waals surface area contributed by atoms with Gasteiger partial charge in [0, 0.05) is 16.0 Å². The van der Waals surface area contributed by atoms with Crippen LogP contribution in [0, 0.1) is 3.57 Å².